The van der Waals surface area contributed by atoms with Crippen molar-refractivity contribution >= 4 is 18.2 Å². The lowest BCUT2D eigenvalue weighted by atomic mass is 10.2. The lowest BCUT2D eigenvalue weighted by Crippen LogP contribution is -2.43. The molecule has 1 N–H and O–H groups in total. The van der Waals surface area contributed by atoms with Gasteiger partial charge >= 0.3 is 18.2 Å². The molecule has 0 aromatic rings. The zero-order valence-corrected chi connectivity index (χ0v) is 13.2. The predicted octanol–water partition coefficient (Wildman–Crippen LogP) is 1.96. The minimum Gasteiger partial charge on any atom is -0.444 e. The summed E-state index contributed by atoms with van der Waals surface area (Å²) in [6.07, 6.45) is -2.81. The van der Waals surface area contributed by atoms with Gasteiger partial charge in [-0.25, -0.2) is 14.4 Å². The molecule has 0 fully saturated rings. The number of ether oxygens (including phenoxy) is 4. The topological polar surface area (TPSA) is 100 Å². The Bertz CT molecular complexity index is 375. The summed E-state index contributed by atoms with van der Waals surface area (Å²) >= 11 is 0. The van der Waals surface area contributed by atoms with Crippen LogP contribution in [-0.4, -0.2) is 42.8 Å². The van der Waals surface area contributed by atoms with Crippen molar-refractivity contribution in [2.24, 2.45) is 0 Å². The van der Waals surface area contributed by atoms with E-state index in [-0.39, 0.29) is 6.61 Å². The van der Waals surface area contributed by atoms with E-state index in [1.54, 1.807) is 27.7 Å². The minimum absolute atomic E-state index is 0.149. The van der Waals surface area contributed by atoms with Crippen LogP contribution in [0.4, 0.5) is 9.59 Å². The SMILES string of the molecule is CCOC(=O)OC(C)OC(=O)C(C)NC(=O)OC(C)(C)C. The highest BCUT2D eigenvalue weighted by Crippen LogP contribution is 2.07. The number of esters is 1. The average Bonchev–Trinajstić information content (AvgIpc) is 2.25. The molecule has 8 nitrogen and oxygen atoms in total. The molecule has 0 spiro atoms. The number of carbonyl (C=O) groups excluding carboxylic acids is 3. The molecule has 0 radical (unpaired) electrons. The van der Waals surface area contributed by atoms with Crippen molar-refractivity contribution in [3.8, 4) is 0 Å². The summed E-state index contributed by atoms with van der Waals surface area (Å²) in [7, 11) is 0. The number of nitrogens with one attached hydrogen (secondary N) is 1. The molecule has 0 bridgehead atoms. The van der Waals surface area contributed by atoms with Gasteiger partial charge in [0.05, 0.1) is 6.61 Å². The number of carbonyl (C=O) groups is 3. The number of hydrogen-bond acceptors (Lipinski definition) is 7. The lowest BCUT2D eigenvalue weighted by Gasteiger charge is -2.22. The Labute approximate surface area is 124 Å². The molecule has 0 saturated carbocycles. The van der Waals surface area contributed by atoms with Crippen LogP contribution >= 0.6 is 0 Å². The molecule has 0 saturated heterocycles. The standard InChI is InChI=1S/C13H23NO7/c1-7-18-12(17)20-9(3)19-10(15)8(2)14-11(16)21-13(4,5)6/h8-9H,7H2,1-6H3,(H,14,16). The molecule has 0 heterocycles. The van der Waals surface area contributed by atoms with Gasteiger partial charge in [-0.05, 0) is 34.6 Å². The number of amides is 1. The van der Waals surface area contributed by atoms with Crippen LogP contribution in [0.15, 0.2) is 0 Å². The van der Waals surface area contributed by atoms with Crippen molar-refractivity contribution in [3.05, 3.63) is 0 Å². The fourth-order valence-electron chi connectivity index (χ4n) is 1.12. The molecule has 2 atom stereocenters. The fraction of sp³-hybridized carbons (Fsp3) is 0.769. The second-order valence-corrected chi connectivity index (χ2v) is 5.17. The first-order valence-electron chi connectivity index (χ1n) is 6.58. The molecule has 0 aliphatic rings. The molecule has 0 aliphatic carbocycles. The van der Waals surface area contributed by atoms with Crippen LogP contribution in [0.5, 0.6) is 0 Å². The van der Waals surface area contributed by atoms with Gasteiger partial charge in [0.15, 0.2) is 0 Å². The fourth-order valence-corrected chi connectivity index (χ4v) is 1.12. The van der Waals surface area contributed by atoms with Gasteiger partial charge in [0, 0.05) is 6.92 Å². The number of alkyl carbamates (subject to hydrolysis) is 1. The second kappa shape index (κ2) is 8.33. The van der Waals surface area contributed by atoms with Crippen LogP contribution < -0.4 is 5.32 Å². The van der Waals surface area contributed by atoms with Crippen molar-refractivity contribution in [3.63, 3.8) is 0 Å². The van der Waals surface area contributed by atoms with Crippen LogP contribution in [0.1, 0.15) is 41.5 Å². The van der Waals surface area contributed by atoms with Gasteiger partial charge in [-0.2, -0.15) is 0 Å². The average molecular weight is 305 g/mol. The monoisotopic (exact) mass is 305 g/mol. The quantitative estimate of drug-likeness (QED) is 0.470. The zero-order chi connectivity index (χ0) is 16.6. The first-order valence-corrected chi connectivity index (χ1v) is 6.58. The van der Waals surface area contributed by atoms with Crippen molar-refractivity contribution in [1.29, 1.82) is 0 Å². The Morgan fingerprint density at radius 1 is 1.10 bits per heavy atom. The first-order chi connectivity index (χ1) is 9.55. The molecule has 0 aromatic heterocycles. The summed E-state index contributed by atoms with van der Waals surface area (Å²) in [5, 5.41) is 2.31. The molecule has 1 amide bonds. The predicted molar refractivity (Wildman–Crippen MR) is 72.5 cm³/mol. The van der Waals surface area contributed by atoms with E-state index in [1.165, 1.54) is 13.8 Å². The summed E-state index contributed by atoms with van der Waals surface area (Å²) in [5.41, 5.74) is -0.673. The van der Waals surface area contributed by atoms with Gasteiger partial charge in [-0.15, -0.1) is 0 Å². The third-order valence-electron chi connectivity index (χ3n) is 1.89. The van der Waals surface area contributed by atoms with E-state index in [2.05, 4.69) is 14.8 Å². The summed E-state index contributed by atoms with van der Waals surface area (Å²) in [4.78, 5) is 34.2. The van der Waals surface area contributed by atoms with E-state index in [1.807, 2.05) is 0 Å². The molecule has 0 aromatic carbocycles. The van der Waals surface area contributed by atoms with Crippen molar-refractivity contribution in [1.82, 2.24) is 5.32 Å². The first kappa shape index (κ1) is 19.0. The highest BCUT2D eigenvalue weighted by atomic mass is 16.8. The Morgan fingerprint density at radius 2 is 1.67 bits per heavy atom. The summed E-state index contributed by atoms with van der Waals surface area (Å²) < 4.78 is 19.0. The summed E-state index contributed by atoms with van der Waals surface area (Å²) in [6.45, 7) is 9.64. The van der Waals surface area contributed by atoms with Crippen LogP contribution in [0.3, 0.4) is 0 Å². The van der Waals surface area contributed by atoms with Crippen LogP contribution in [0, 0.1) is 0 Å². The van der Waals surface area contributed by atoms with E-state index in [9.17, 15) is 14.4 Å². The maximum absolute atomic E-state index is 11.7. The molecule has 2 unspecified atom stereocenters. The molecular weight excluding hydrogens is 282 g/mol. The molecule has 122 valence electrons. The highest BCUT2D eigenvalue weighted by Gasteiger charge is 2.24. The van der Waals surface area contributed by atoms with Gasteiger partial charge in [0.25, 0.3) is 0 Å². The van der Waals surface area contributed by atoms with E-state index in [4.69, 9.17) is 9.47 Å². The number of rotatable bonds is 5. The van der Waals surface area contributed by atoms with E-state index < -0.39 is 36.2 Å². The zero-order valence-electron chi connectivity index (χ0n) is 13.2. The molecular formula is C13H23NO7. The van der Waals surface area contributed by atoms with E-state index in [0.29, 0.717) is 0 Å². The second-order valence-electron chi connectivity index (χ2n) is 5.17. The van der Waals surface area contributed by atoms with Crippen LogP contribution in [0.25, 0.3) is 0 Å². The largest absolute Gasteiger partial charge is 0.511 e. The normalized spacial score (nSPS) is 13.6. The third kappa shape index (κ3) is 9.53. The van der Waals surface area contributed by atoms with Gasteiger partial charge in [0.1, 0.15) is 11.6 Å². The van der Waals surface area contributed by atoms with E-state index in [0.717, 1.165) is 0 Å². The smallest absolute Gasteiger partial charge is 0.444 e. The minimum atomic E-state index is -1.13. The Morgan fingerprint density at radius 3 is 2.14 bits per heavy atom. The maximum Gasteiger partial charge on any atom is 0.511 e. The molecule has 0 aliphatic heterocycles. The number of hydrogen-bond donors (Lipinski definition) is 1. The maximum atomic E-state index is 11.7. The lowest BCUT2D eigenvalue weighted by molar-refractivity contribution is -0.169. The third-order valence-corrected chi connectivity index (χ3v) is 1.89. The van der Waals surface area contributed by atoms with Gasteiger partial charge < -0.3 is 24.3 Å². The Balaban J connectivity index is 4.21. The highest BCUT2D eigenvalue weighted by molar-refractivity contribution is 5.81. The van der Waals surface area contributed by atoms with E-state index >= 15 is 0 Å². The molecule has 21 heavy (non-hydrogen) atoms. The van der Waals surface area contributed by atoms with Crippen molar-refractivity contribution in [2.45, 2.75) is 59.5 Å². The summed E-state index contributed by atoms with van der Waals surface area (Å²) in [5.74, 6) is -0.766. The van der Waals surface area contributed by atoms with Gasteiger partial charge in [-0.3, -0.25) is 0 Å². The van der Waals surface area contributed by atoms with Crippen molar-refractivity contribution in [2.75, 3.05) is 6.61 Å². The Hall–Kier alpha value is -1.99. The molecule has 0 rings (SSSR count). The summed E-state index contributed by atoms with van der Waals surface area (Å²) in [6, 6.07) is -0.951. The van der Waals surface area contributed by atoms with Crippen molar-refractivity contribution < 1.29 is 33.3 Å². The van der Waals surface area contributed by atoms with Crippen LogP contribution in [0.2, 0.25) is 0 Å². The van der Waals surface area contributed by atoms with Crippen LogP contribution in [-0.2, 0) is 23.7 Å². The van der Waals surface area contributed by atoms with Gasteiger partial charge in [-0.1, -0.05) is 0 Å². The van der Waals surface area contributed by atoms with Gasteiger partial charge in [0.2, 0.25) is 6.29 Å². The Kier molecular flexibility index (Phi) is 7.54. The molecule has 8 heteroatoms.